The summed E-state index contributed by atoms with van der Waals surface area (Å²) < 4.78 is 1.09. The van der Waals surface area contributed by atoms with Crippen LogP contribution in [0.25, 0.3) is 0 Å². The third-order valence-corrected chi connectivity index (χ3v) is 4.15. The van der Waals surface area contributed by atoms with Crippen LogP contribution >= 0.6 is 15.9 Å². The van der Waals surface area contributed by atoms with Crippen molar-refractivity contribution in [1.82, 2.24) is 9.88 Å². The third kappa shape index (κ3) is 3.38. The van der Waals surface area contributed by atoms with E-state index >= 15 is 0 Å². The van der Waals surface area contributed by atoms with Crippen LogP contribution in [0.15, 0.2) is 53.1 Å². The van der Waals surface area contributed by atoms with Crippen molar-refractivity contribution < 1.29 is 0 Å². The highest BCUT2D eigenvalue weighted by molar-refractivity contribution is 9.10. The quantitative estimate of drug-likeness (QED) is 0.861. The predicted octanol–water partition coefficient (Wildman–Crippen LogP) is 3.17. The summed E-state index contributed by atoms with van der Waals surface area (Å²) in [5.41, 5.74) is 1.39. The van der Waals surface area contributed by atoms with E-state index < -0.39 is 0 Å². The Kier molecular flexibility index (Phi) is 4.33. The molecule has 1 saturated heterocycles. The van der Waals surface area contributed by atoms with Crippen LogP contribution in [0.2, 0.25) is 0 Å². The first-order valence-electron chi connectivity index (χ1n) is 6.94. The molecule has 4 heteroatoms. The zero-order chi connectivity index (χ0) is 13.8. The molecule has 0 unspecified atom stereocenters. The van der Waals surface area contributed by atoms with Crippen molar-refractivity contribution >= 4 is 21.7 Å². The first-order chi connectivity index (χ1) is 9.81. The Morgan fingerprint density at radius 1 is 1.00 bits per heavy atom. The van der Waals surface area contributed by atoms with Crippen LogP contribution in [0, 0.1) is 0 Å². The predicted molar refractivity (Wildman–Crippen MR) is 85.9 cm³/mol. The highest BCUT2D eigenvalue weighted by Crippen LogP contribution is 2.19. The largest absolute Gasteiger partial charge is 0.354 e. The van der Waals surface area contributed by atoms with Gasteiger partial charge in [-0.3, -0.25) is 4.90 Å². The number of piperazine rings is 1. The molecule has 2 heterocycles. The summed E-state index contributed by atoms with van der Waals surface area (Å²) >= 11 is 3.51. The van der Waals surface area contributed by atoms with Crippen molar-refractivity contribution in [3.63, 3.8) is 0 Å². The van der Waals surface area contributed by atoms with Crippen LogP contribution < -0.4 is 4.90 Å². The Hall–Kier alpha value is -1.39. The molecule has 0 radical (unpaired) electrons. The summed E-state index contributed by atoms with van der Waals surface area (Å²) in [5, 5.41) is 0. The van der Waals surface area contributed by atoms with Gasteiger partial charge in [0.15, 0.2) is 0 Å². The van der Waals surface area contributed by atoms with Gasteiger partial charge in [0.05, 0.1) is 0 Å². The Labute approximate surface area is 128 Å². The summed E-state index contributed by atoms with van der Waals surface area (Å²) in [6.07, 6.45) is 1.86. The van der Waals surface area contributed by atoms with Crippen LogP contribution in [0.1, 0.15) is 5.56 Å². The van der Waals surface area contributed by atoms with Crippen LogP contribution in [-0.2, 0) is 6.54 Å². The van der Waals surface area contributed by atoms with E-state index in [9.17, 15) is 0 Å². The molecule has 2 aromatic rings. The fourth-order valence-electron chi connectivity index (χ4n) is 2.54. The van der Waals surface area contributed by atoms with Crippen molar-refractivity contribution in [3.8, 4) is 0 Å². The van der Waals surface area contributed by atoms with Gasteiger partial charge in [0.25, 0.3) is 0 Å². The van der Waals surface area contributed by atoms with Crippen LogP contribution in [0.4, 0.5) is 5.82 Å². The molecule has 20 heavy (non-hydrogen) atoms. The van der Waals surface area contributed by atoms with Crippen LogP contribution in [-0.4, -0.2) is 36.1 Å². The molecule has 1 aliphatic rings. The molecule has 0 N–H and O–H groups in total. The zero-order valence-corrected chi connectivity index (χ0v) is 13.0. The summed E-state index contributed by atoms with van der Waals surface area (Å²) in [6.45, 7) is 5.29. The van der Waals surface area contributed by atoms with E-state index in [1.807, 2.05) is 12.3 Å². The second kappa shape index (κ2) is 6.37. The summed E-state index contributed by atoms with van der Waals surface area (Å²) in [7, 11) is 0. The van der Waals surface area contributed by atoms with Gasteiger partial charge >= 0.3 is 0 Å². The van der Waals surface area contributed by atoms with Gasteiger partial charge in [0.2, 0.25) is 0 Å². The highest BCUT2D eigenvalue weighted by Gasteiger charge is 2.18. The van der Waals surface area contributed by atoms with Gasteiger partial charge in [-0.05, 0) is 17.7 Å². The van der Waals surface area contributed by atoms with Crippen LogP contribution in [0.3, 0.4) is 0 Å². The molecular weight excluding hydrogens is 314 g/mol. The van der Waals surface area contributed by atoms with E-state index in [0.29, 0.717) is 0 Å². The minimum Gasteiger partial charge on any atom is -0.354 e. The molecule has 0 aliphatic carbocycles. The van der Waals surface area contributed by atoms with Gasteiger partial charge < -0.3 is 4.90 Å². The maximum absolute atomic E-state index is 4.45. The van der Waals surface area contributed by atoms with Crippen molar-refractivity contribution in [2.75, 3.05) is 31.1 Å². The second-order valence-electron chi connectivity index (χ2n) is 5.08. The molecule has 0 atom stereocenters. The second-order valence-corrected chi connectivity index (χ2v) is 6.00. The Bertz CT molecular complexity index is 551. The van der Waals surface area contributed by atoms with E-state index in [0.717, 1.165) is 43.0 Å². The molecule has 0 bridgehead atoms. The van der Waals surface area contributed by atoms with E-state index in [4.69, 9.17) is 0 Å². The molecule has 0 saturated carbocycles. The number of aromatic nitrogens is 1. The lowest BCUT2D eigenvalue weighted by atomic mass is 10.2. The average Bonchev–Trinajstić information content (AvgIpc) is 2.49. The molecule has 3 nitrogen and oxygen atoms in total. The number of rotatable bonds is 3. The molecule has 3 rings (SSSR count). The number of halogens is 1. The first-order valence-corrected chi connectivity index (χ1v) is 7.73. The Balaban J connectivity index is 1.57. The summed E-state index contributed by atoms with van der Waals surface area (Å²) in [4.78, 5) is 9.31. The summed E-state index contributed by atoms with van der Waals surface area (Å²) in [6, 6.07) is 14.7. The number of nitrogens with zero attached hydrogens (tertiary/aromatic N) is 3. The van der Waals surface area contributed by atoms with Gasteiger partial charge in [-0.25, -0.2) is 4.98 Å². The minimum atomic E-state index is 1.04. The number of anilines is 1. The standard InChI is InChI=1S/C16H18BrN3/c17-15-6-7-18-16(12-15)20-10-8-19(9-11-20)13-14-4-2-1-3-5-14/h1-7,12H,8-11,13H2. The molecule has 0 spiro atoms. The average molecular weight is 332 g/mol. The monoisotopic (exact) mass is 331 g/mol. The van der Waals surface area contributed by atoms with E-state index in [2.05, 4.69) is 67.1 Å². The topological polar surface area (TPSA) is 19.4 Å². The number of hydrogen-bond donors (Lipinski definition) is 0. The number of benzene rings is 1. The fourth-order valence-corrected chi connectivity index (χ4v) is 2.87. The lowest BCUT2D eigenvalue weighted by Crippen LogP contribution is -2.46. The van der Waals surface area contributed by atoms with E-state index in [-0.39, 0.29) is 0 Å². The van der Waals surface area contributed by atoms with Gasteiger partial charge in [-0.15, -0.1) is 0 Å². The SMILES string of the molecule is Brc1ccnc(N2CCN(Cc3ccccc3)CC2)c1. The molecule has 1 aromatic carbocycles. The van der Waals surface area contributed by atoms with Crippen molar-refractivity contribution in [2.24, 2.45) is 0 Å². The Morgan fingerprint density at radius 3 is 2.45 bits per heavy atom. The third-order valence-electron chi connectivity index (χ3n) is 3.65. The van der Waals surface area contributed by atoms with Gasteiger partial charge in [0.1, 0.15) is 5.82 Å². The first kappa shape index (κ1) is 13.6. The van der Waals surface area contributed by atoms with Crippen LogP contribution in [0.5, 0.6) is 0 Å². The molecule has 1 aromatic heterocycles. The smallest absolute Gasteiger partial charge is 0.129 e. The Morgan fingerprint density at radius 2 is 1.75 bits per heavy atom. The van der Waals surface area contributed by atoms with E-state index in [1.165, 1.54) is 5.56 Å². The van der Waals surface area contributed by atoms with Gasteiger partial charge in [0, 0.05) is 43.4 Å². The van der Waals surface area contributed by atoms with Gasteiger partial charge in [-0.1, -0.05) is 46.3 Å². The number of hydrogen-bond acceptors (Lipinski definition) is 3. The van der Waals surface area contributed by atoms with Crippen molar-refractivity contribution in [3.05, 3.63) is 58.7 Å². The molecule has 104 valence electrons. The maximum Gasteiger partial charge on any atom is 0.129 e. The zero-order valence-electron chi connectivity index (χ0n) is 11.4. The lowest BCUT2D eigenvalue weighted by Gasteiger charge is -2.35. The van der Waals surface area contributed by atoms with Crippen molar-refractivity contribution in [1.29, 1.82) is 0 Å². The maximum atomic E-state index is 4.45. The lowest BCUT2D eigenvalue weighted by molar-refractivity contribution is 0.249. The molecule has 1 aliphatic heterocycles. The van der Waals surface area contributed by atoms with E-state index in [1.54, 1.807) is 0 Å². The molecule has 1 fully saturated rings. The highest BCUT2D eigenvalue weighted by atomic mass is 79.9. The normalized spacial score (nSPS) is 16.4. The number of pyridine rings is 1. The molecular formula is C16H18BrN3. The van der Waals surface area contributed by atoms with Crippen molar-refractivity contribution in [2.45, 2.75) is 6.54 Å². The fraction of sp³-hybridized carbons (Fsp3) is 0.312. The summed E-state index contributed by atoms with van der Waals surface area (Å²) in [5.74, 6) is 1.07. The van der Waals surface area contributed by atoms with Gasteiger partial charge in [-0.2, -0.15) is 0 Å². The molecule has 0 amide bonds. The minimum absolute atomic E-state index is 1.04.